The highest BCUT2D eigenvalue weighted by Gasteiger charge is 2.38. The molecule has 0 bridgehead atoms. The molecule has 1 rings (SSSR count). The summed E-state index contributed by atoms with van der Waals surface area (Å²) in [6.45, 7) is 3.11. The molecule has 1 unspecified atom stereocenters. The van der Waals surface area contributed by atoms with Crippen molar-refractivity contribution in [3.05, 3.63) is 34.4 Å². The Hall–Kier alpha value is -2.45. The minimum atomic E-state index is -4.97. The normalized spacial score (nSPS) is 19.1. The highest BCUT2D eigenvalue weighted by atomic mass is 19.4. The minimum Gasteiger partial charge on any atom is -0.504 e. The van der Waals surface area contributed by atoms with Gasteiger partial charge in [0, 0.05) is 17.7 Å². The van der Waals surface area contributed by atoms with E-state index in [2.05, 4.69) is 14.8 Å². The summed E-state index contributed by atoms with van der Waals surface area (Å²) < 4.78 is 47.0. The van der Waals surface area contributed by atoms with Crippen LogP contribution in [0.3, 0.4) is 0 Å². The molecule has 1 atom stereocenters. The molecule has 6 nitrogen and oxygen atoms in total. The molecular weight excluding hydrogens is 331 g/mol. The lowest BCUT2D eigenvalue weighted by Crippen LogP contribution is -2.33. The maximum atomic E-state index is 12.6. The molecule has 24 heavy (non-hydrogen) atoms. The molecule has 1 aliphatic rings. The van der Waals surface area contributed by atoms with Crippen molar-refractivity contribution in [2.75, 3.05) is 14.2 Å². The molecule has 0 saturated heterocycles. The van der Waals surface area contributed by atoms with Gasteiger partial charge >= 0.3 is 18.1 Å². The smallest absolute Gasteiger partial charge is 0.448 e. The molecule has 1 heterocycles. The van der Waals surface area contributed by atoms with Crippen molar-refractivity contribution < 1.29 is 37.3 Å². The fourth-order valence-corrected chi connectivity index (χ4v) is 2.44. The molecule has 0 spiro atoms. The van der Waals surface area contributed by atoms with E-state index >= 15 is 0 Å². The van der Waals surface area contributed by atoms with Crippen LogP contribution in [0, 0.1) is 5.92 Å². The fraction of sp³-hybridized carbons (Fsp3) is 0.467. The third kappa shape index (κ3) is 3.90. The van der Waals surface area contributed by atoms with Crippen molar-refractivity contribution in [1.82, 2.24) is 5.32 Å². The van der Waals surface area contributed by atoms with Gasteiger partial charge in [-0.2, -0.15) is 13.2 Å². The third-order valence-corrected chi connectivity index (χ3v) is 3.50. The van der Waals surface area contributed by atoms with E-state index in [9.17, 15) is 27.9 Å². The maximum Gasteiger partial charge on any atom is 0.448 e. The summed E-state index contributed by atoms with van der Waals surface area (Å²) >= 11 is 0. The molecule has 0 aromatic heterocycles. The molecule has 0 radical (unpaired) electrons. The Morgan fingerprint density at radius 2 is 1.71 bits per heavy atom. The summed E-state index contributed by atoms with van der Waals surface area (Å²) in [5.41, 5.74) is -0.137. The molecule has 0 fully saturated rings. The molecule has 0 aromatic carbocycles. The van der Waals surface area contributed by atoms with Crippen molar-refractivity contribution in [2.24, 2.45) is 5.92 Å². The van der Waals surface area contributed by atoms with Crippen molar-refractivity contribution >= 4 is 11.9 Å². The van der Waals surface area contributed by atoms with Gasteiger partial charge in [-0.3, -0.25) is 0 Å². The van der Waals surface area contributed by atoms with Crippen LogP contribution in [0.4, 0.5) is 13.2 Å². The van der Waals surface area contributed by atoms with E-state index in [4.69, 9.17) is 0 Å². The van der Waals surface area contributed by atoms with Crippen LogP contribution in [0.25, 0.3) is 0 Å². The highest BCUT2D eigenvalue weighted by Crippen LogP contribution is 2.35. The third-order valence-electron chi connectivity index (χ3n) is 3.50. The van der Waals surface area contributed by atoms with Crippen LogP contribution < -0.4 is 5.32 Å². The van der Waals surface area contributed by atoms with Gasteiger partial charge in [-0.15, -0.1) is 0 Å². The quantitative estimate of drug-likeness (QED) is 0.599. The number of halogens is 3. The van der Waals surface area contributed by atoms with E-state index in [0.717, 1.165) is 14.2 Å². The van der Waals surface area contributed by atoms with E-state index in [1.54, 1.807) is 6.92 Å². The van der Waals surface area contributed by atoms with Gasteiger partial charge in [-0.25, -0.2) is 9.59 Å². The number of methoxy groups -OCH3 is 2. The van der Waals surface area contributed by atoms with E-state index in [-0.39, 0.29) is 29.0 Å². The van der Waals surface area contributed by atoms with Crippen LogP contribution in [0.1, 0.15) is 20.3 Å². The largest absolute Gasteiger partial charge is 0.504 e. The number of hydrogen-bond donors (Lipinski definition) is 2. The Morgan fingerprint density at radius 3 is 2.12 bits per heavy atom. The SMILES string of the molecule is CCC1C(C(=O)OC)=C(C)NC(/C=C(/O)C(F)(F)F)=C1C(=O)OC. The number of ether oxygens (including phenoxy) is 2. The number of rotatable bonds is 4. The summed E-state index contributed by atoms with van der Waals surface area (Å²) in [5, 5.41) is 11.7. The molecule has 1 aliphatic heterocycles. The molecule has 9 heteroatoms. The van der Waals surface area contributed by atoms with Crippen LogP contribution >= 0.6 is 0 Å². The van der Waals surface area contributed by atoms with Gasteiger partial charge in [0.25, 0.3) is 0 Å². The zero-order valence-corrected chi connectivity index (χ0v) is 13.6. The summed E-state index contributed by atoms with van der Waals surface area (Å²) in [5.74, 6) is -4.34. The Kier molecular flexibility index (Phi) is 6.05. The van der Waals surface area contributed by atoms with Crippen LogP contribution in [0.15, 0.2) is 34.4 Å². The van der Waals surface area contributed by atoms with E-state index < -0.39 is 29.8 Å². The van der Waals surface area contributed by atoms with Gasteiger partial charge in [-0.05, 0) is 13.3 Å². The monoisotopic (exact) mass is 349 g/mol. The number of hydrogen-bond acceptors (Lipinski definition) is 6. The number of carbonyl (C=O) groups excluding carboxylic acids is 2. The average Bonchev–Trinajstić information content (AvgIpc) is 2.51. The number of esters is 2. The number of carbonyl (C=O) groups is 2. The highest BCUT2D eigenvalue weighted by molar-refractivity contribution is 5.98. The summed E-state index contributed by atoms with van der Waals surface area (Å²) in [7, 11) is 2.22. The standard InChI is InChI=1S/C15H18F3NO5/c1-5-8-11(13(21)23-3)7(2)19-9(12(8)14(22)24-4)6-10(20)15(16,17)18/h6,8,19-20H,5H2,1-4H3/b10-6+. The van der Waals surface area contributed by atoms with Crippen molar-refractivity contribution in [3.8, 4) is 0 Å². The van der Waals surface area contributed by atoms with Crippen molar-refractivity contribution in [3.63, 3.8) is 0 Å². The fourth-order valence-electron chi connectivity index (χ4n) is 2.44. The molecule has 0 saturated carbocycles. The Morgan fingerprint density at radius 1 is 1.21 bits per heavy atom. The second-order valence-electron chi connectivity index (χ2n) is 4.96. The Bertz CT molecular complexity index is 632. The number of aliphatic hydroxyl groups excluding tert-OH is 1. The second kappa shape index (κ2) is 7.41. The van der Waals surface area contributed by atoms with Gasteiger partial charge in [-0.1, -0.05) is 6.92 Å². The molecule has 0 aromatic rings. The molecule has 2 N–H and O–H groups in total. The Labute approximate surface area is 136 Å². The first-order chi connectivity index (χ1) is 11.1. The molecule has 134 valence electrons. The van der Waals surface area contributed by atoms with Crippen molar-refractivity contribution in [2.45, 2.75) is 26.4 Å². The lowest BCUT2D eigenvalue weighted by molar-refractivity contribution is -0.137. The van der Waals surface area contributed by atoms with Crippen LogP contribution in [0.2, 0.25) is 0 Å². The van der Waals surface area contributed by atoms with E-state index in [1.807, 2.05) is 0 Å². The van der Waals surface area contributed by atoms with Gasteiger partial charge in [0.1, 0.15) is 0 Å². The first-order valence-electron chi connectivity index (χ1n) is 6.94. The minimum absolute atomic E-state index is 0.115. The number of nitrogens with one attached hydrogen (secondary N) is 1. The van der Waals surface area contributed by atoms with Gasteiger partial charge in [0.15, 0.2) is 5.76 Å². The van der Waals surface area contributed by atoms with Crippen LogP contribution in [-0.2, 0) is 19.1 Å². The summed E-state index contributed by atoms with van der Waals surface area (Å²) in [6, 6.07) is 0. The summed E-state index contributed by atoms with van der Waals surface area (Å²) in [4.78, 5) is 24.0. The lowest BCUT2D eigenvalue weighted by atomic mass is 9.83. The van der Waals surface area contributed by atoms with Crippen molar-refractivity contribution in [1.29, 1.82) is 0 Å². The van der Waals surface area contributed by atoms with Gasteiger partial charge < -0.3 is 19.9 Å². The average molecular weight is 349 g/mol. The predicted molar refractivity (Wildman–Crippen MR) is 77.4 cm³/mol. The predicted octanol–water partition coefficient (Wildman–Crippen LogP) is 2.49. The number of allylic oxidation sites excluding steroid dienone is 3. The van der Waals surface area contributed by atoms with Crippen LogP contribution in [-0.4, -0.2) is 37.4 Å². The van der Waals surface area contributed by atoms with Crippen LogP contribution in [0.5, 0.6) is 0 Å². The van der Waals surface area contributed by atoms with Gasteiger partial charge in [0.05, 0.1) is 31.1 Å². The molecule has 0 amide bonds. The second-order valence-corrected chi connectivity index (χ2v) is 4.96. The molecule has 0 aliphatic carbocycles. The maximum absolute atomic E-state index is 12.6. The van der Waals surface area contributed by atoms with Gasteiger partial charge in [0.2, 0.25) is 0 Å². The zero-order chi connectivity index (χ0) is 18.7. The molecular formula is C15H18F3NO5. The number of alkyl halides is 3. The first kappa shape index (κ1) is 19.6. The first-order valence-corrected chi connectivity index (χ1v) is 6.94. The number of aliphatic hydroxyl groups is 1. The summed E-state index contributed by atoms with van der Waals surface area (Å²) in [6.07, 6.45) is -4.34. The van der Waals surface area contributed by atoms with E-state index in [0.29, 0.717) is 6.08 Å². The Balaban J connectivity index is 3.55. The van der Waals surface area contributed by atoms with E-state index in [1.165, 1.54) is 6.92 Å². The number of dihydropyridines is 1. The zero-order valence-electron chi connectivity index (χ0n) is 13.6. The lowest BCUT2D eigenvalue weighted by Gasteiger charge is -2.29. The topological polar surface area (TPSA) is 84.9 Å².